The molecule has 7 heteroatoms. The van der Waals surface area contributed by atoms with Crippen LogP contribution in [0.5, 0.6) is 0 Å². The lowest BCUT2D eigenvalue weighted by atomic mass is 10.0. The van der Waals surface area contributed by atoms with Gasteiger partial charge in [-0.2, -0.15) is 0 Å². The lowest BCUT2D eigenvalue weighted by Crippen LogP contribution is -2.18. The molecule has 7 nitrogen and oxygen atoms in total. The fraction of sp³-hybridized carbons (Fsp3) is 0.200. The summed E-state index contributed by atoms with van der Waals surface area (Å²) in [7, 11) is 0. The fourth-order valence-corrected chi connectivity index (χ4v) is 2.98. The van der Waals surface area contributed by atoms with Crippen molar-refractivity contribution >= 4 is 16.7 Å². The highest BCUT2D eigenvalue weighted by Crippen LogP contribution is 2.27. The minimum atomic E-state index is -0.989. The number of nitrogen functional groups attached to an aromatic ring is 1. The zero-order valence-electron chi connectivity index (χ0n) is 15.2. The van der Waals surface area contributed by atoms with Crippen molar-refractivity contribution in [2.75, 3.05) is 5.73 Å². The standard InChI is InChI=1S/C20H20N6O/c1-20(2,27)18-9-5-6-13(22-18)11-26-12-17(24-25-26)15-10-19(21)23-16-8-4-3-7-14(15)16/h3-10,12,27H,11H2,1-2H3,(H2,21,23). The van der Waals surface area contributed by atoms with Gasteiger partial charge in [-0.25, -0.2) is 9.67 Å². The summed E-state index contributed by atoms with van der Waals surface area (Å²) in [6.07, 6.45) is 1.86. The van der Waals surface area contributed by atoms with Crippen molar-refractivity contribution < 1.29 is 5.11 Å². The van der Waals surface area contributed by atoms with Gasteiger partial charge in [-0.3, -0.25) is 4.98 Å². The number of rotatable bonds is 4. The normalized spacial score (nSPS) is 11.8. The first-order chi connectivity index (χ1) is 12.9. The summed E-state index contributed by atoms with van der Waals surface area (Å²) < 4.78 is 1.72. The van der Waals surface area contributed by atoms with Gasteiger partial charge in [-0.1, -0.05) is 29.5 Å². The SMILES string of the molecule is CC(C)(O)c1cccc(Cn2cc(-c3cc(N)nc4ccccc34)nn2)n1. The average Bonchev–Trinajstić information content (AvgIpc) is 3.09. The summed E-state index contributed by atoms with van der Waals surface area (Å²) in [5, 5.41) is 19.6. The molecule has 3 aromatic heterocycles. The van der Waals surface area contributed by atoms with E-state index in [1.807, 2.05) is 54.7 Å². The second-order valence-corrected chi connectivity index (χ2v) is 6.99. The van der Waals surface area contributed by atoms with Crippen LogP contribution in [0.15, 0.2) is 54.7 Å². The summed E-state index contributed by atoms with van der Waals surface area (Å²) in [5.41, 5.74) is 8.81. The van der Waals surface area contributed by atoms with E-state index >= 15 is 0 Å². The van der Waals surface area contributed by atoms with Crippen molar-refractivity contribution in [2.24, 2.45) is 0 Å². The van der Waals surface area contributed by atoms with E-state index in [4.69, 9.17) is 5.73 Å². The number of benzene rings is 1. The Kier molecular flexibility index (Phi) is 4.08. The Bertz CT molecular complexity index is 1110. The van der Waals surface area contributed by atoms with Gasteiger partial charge in [0.15, 0.2) is 0 Å². The first kappa shape index (κ1) is 17.1. The molecule has 0 radical (unpaired) electrons. The van der Waals surface area contributed by atoms with Gasteiger partial charge in [0.1, 0.15) is 17.1 Å². The zero-order chi connectivity index (χ0) is 19.0. The summed E-state index contributed by atoms with van der Waals surface area (Å²) >= 11 is 0. The number of fused-ring (bicyclic) bond motifs is 1. The van der Waals surface area contributed by atoms with E-state index in [1.165, 1.54) is 0 Å². The van der Waals surface area contributed by atoms with Crippen LogP contribution in [0.3, 0.4) is 0 Å². The fourth-order valence-electron chi connectivity index (χ4n) is 2.98. The molecule has 3 N–H and O–H groups in total. The van der Waals surface area contributed by atoms with E-state index in [0.29, 0.717) is 18.1 Å². The van der Waals surface area contributed by atoms with Gasteiger partial charge in [0.25, 0.3) is 0 Å². The third kappa shape index (κ3) is 3.50. The molecule has 0 amide bonds. The maximum atomic E-state index is 10.1. The van der Waals surface area contributed by atoms with Gasteiger partial charge in [0, 0.05) is 10.9 Å². The molecule has 0 spiro atoms. The molecule has 0 aliphatic rings. The average molecular weight is 360 g/mol. The van der Waals surface area contributed by atoms with Gasteiger partial charge < -0.3 is 10.8 Å². The van der Waals surface area contributed by atoms with Crippen molar-refractivity contribution in [3.8, 4) is 11.3 Å². The number of hydrogen-bond acceptors (Lipinski definition) is 6. The summed E-state index contributed by atoms with van der Waals surface area (Å²) in [5.74, 6) is 0.442. The van der Waals surface area contributed by atoms with Crippen molar-refractivity contribution in [3.05, 3.63) is 66.1 Å². The van der Waals surface area contributed by atoms with Gasteiger partial charge in [-0.05, 0) is 38.1 Å². The smallest absolute Gasteiger partial charge is 0.124 e. The van der Waals surface area contributed by atoms with Crippen LogP contribution >= 0.6 is 0 Å². The molecule has 0 bridgehead atoms. The predicted molar refractivity (Wildman–Crippen MR) is 104 cm³/mol. The molecule has 0 fully saturated rings. The molecule has 0 saturated heterocycles. The topological polar surface area (TPSA) is 103 Å². The summed E-state index contributed by atoms with van der Waals surface area (Å²) in [6.45, 7) is 3.88. The number of para-hydroxylation sites is 1. The van der Waals surface area contributed by atoms with E-state index in [1.54, 1.807) is 18.5 Å². The van der Waals surface area contributed by atoms with Gasteiger partial charge in [0.05, 0.1) is 29.6 Å². The Balaban J connectivity index is 1.67. The molecule has 0 aliphatic carbocycles. The number of aliphatic hydroxyl groups is 1. The molecule has 3 heterocycles. The Hall–Kier alpha value is -3.32. The van der Waals surface area contributed by atoms with E-state index in [-0.39, 0.29) is 0 Å². The van der Waals surface area contributed by atoms with Gasteiger partial charge in [0.2, 0.25) is 0 Å². The first-order valence-corrected chi connectivity index (χ1v) is 8.65. The molecule has 4 rings (SSSR count). The number of nitrogens with zero attached hydrogens (tertiary/aromatic N) is 5. The van der Waals surface area contributed by atoms with E-state index < -0.39 is 5.60 Å². The lowest BCUT2D eigenvalue weighted by molar-refractivity contribution is 0.0736. The maximum absolute atomic E-state index is 10.1. The third-order valence-corrected chi connectivity index (χ3v) is 4.31. The maximum Gasteiger partial charge on any atom is 0.124 e. The number of hydrogen-bond donors (Lipinski definition) is 2. The molecule has 4 aromatic rings. The molecule has 0 atom stereocenters. The molecule has 0 aliphatic heterocycles. The lowest BCUT2D eigenvalue weighted by Gasteiger charge is -2.17. The highest BCUT2D eigenvalue weighted by molar-refractivity contribution is 5.94. The van der Waals surface area contributed by atoms with Crippen LogP contribution in [0.25, 0.3) is 22.2 Å². The minimum Gasteiger partial charge on any atom is -0.384 e. The first-order valence-electron chi connectivity index (χ1n) is 8.65. The zero-order valence-corrected chi connectivity index (χ0v) is 15.2. The molecule has 0 unspecified atom stereocenters. The molecule has 27 heavy (non-hydrogen) atoms. The van der Waals surface area contributed by atoms with Crippen molar-refractivity contribution in [2.45, 2.75) is 26.0 Å². The van der Waals surface area contributed by atoms with Crippen molar-refractivity contribution in [1.82, 2.24) is 25.0 Å². The molecular formula is C20H20N6O. The van der Waals surface area contributed by atoms with E-state index in [9.17, 15) is 5.11 Å². The van der Waals surface area contributed by atoms with Crippen LogP contribution in [-0.4, -0.2) is 30.1 Å². The van der Waals surface area contributed by atoms with E-state index in [2.05, 4.69) is 20.3 Å². The van der Waals surface area contributed by atoms with Gasteiger partial charge in [-0.15, -0.1) is 5.10 Å². The molecule has 136 valence electrons. The van der Waals surface area contributed by atoms with Crippen molar-refractivity contribution in [3.63, 3.8) is 0 Å². The van der Waals surface area contributed by atoms with Crippen molar-refractivity contribution in [1.29, 1.82) is 0 Å². The highest BCUT2D eigenvalue weighted by Gasteiger charge is 2.18. The Morgan fingerprint density at radius 3 is 2.70 bits per heavy atom. The second-order valence-electron chi connectivity index (χ2n) is 6.99. The van der Waals surface area contributed by atoms with Crippen LogP contribution in [0.4, 0.5) is 5.82 Å². The van der Waals surface area contributed by atoms with Crippen LogP contribution < -0.4 is 5.73 Å². The summed E-state index contributed by atoms with van der Waals surface area (Å²) in [6, 6.07) is 15.2. The third-order valence-electron chi connectivity index (χ3n) is 4.31. The molecular weight excluding hydrogens is 340 g/mol. The Morgan fingerprint density at radius 1 is 1.07 bits per heavy atom. The quantitative estimate of drug-likeness (QED) is 0.580. The molecule has 1 aromatic carbocycles. The van der Waals surface area contributed by atoms with Crippen LogP contribution in [0, 0.1) is 0 Å². The number of aromatic nitrogens is 5. The molecule has 0 saturated carbocycles. The minimum absolute atomic E-state index is 0.442. The number of anilines is 1. The highest BCUT2D eigenvalue weighted by atomic mass is 16.3. The second kappa shape index (κ2) is 6.44. The monoisotopic (exact) mass is 360 g/mol. The predicted octanol–water partition coefficient (Wildman–Crippen LogP) is 2.75. The number of nitrogens with two attached hydrogens (primary N) is 1. The van der Waals surface area contributed by atoms with Crippen LogP contribution in [0.2, 0.25) is 0 Å². The van der Waals surface area contributed by atoms with Crippen LogP contribution in [-0.2, 0) is 12.1 Å². The Labute approximate surface area is 156 Å². The van der Waals surface area contributed by atoms with Crippen LogP contribution in [0.1, 0.15) is 25.2 Å². The Morgan fingerprint density at radius 2 is 1.89 bits per heavy atom. The summed E-state index contributed by atoms with van der Waals surface area (Å²) in [4.78, 5) is 8.87. The van der Waals surface area contributed by atoms with E-state index in [0.717, 1.165) is 27.9 Å². The number of pyridine rings is 2. The largest absolute Gasteiger partial charge is 0.384 e. The van der Waals surface area contributed by atoms with Gasteiger partial charge >= 0.3 is 0 Å².